The maximum Gasteiger partial charge on any atom is 0.328 e. The van der Waals surface area contributed by atoms with E-state index in [0.717, 1.165) is 4.88 Å². The van der Waals surface area contributed by atoms with Crippen molar-refractivity contribution in [3.63, 3.8) is 0 Å². The number of anilines is 1. The second-order valence-electron chi connectivity index (χ2n) is 6.41. The number of nitrogens with zero attached hydrogens (tertiary/aromatic N) is 3. The fourth-order valence-corrected chi connectivity index (χ4v) is 4.08. The Morgan fingerprint density at radius 1 is 1.19 bits per heavy atom. The Balaban J connectivity index is 1.53. The quantitative estimate of drug-likeness (QED) is 0.874. The number of aliphatic carboxylic acids is 1. The van der Waals surface area contributed by atoms with Crippen LogP contribution in [0.3, 0.4) is 0 Å². The first-order chi connectivity index (χ1) is 13.1. The van der Waals surface area contributed by atoms with Gasteiger partial charge in [-0.1, -0.05) is 24.3 Å². The molecule has 2 aliphatic rings. The highest BCUT2D eigenvalue weighted by molar-refractivity contribution is 7.10. The third-order valence-corrected chi connectivity index (χ3v) is 5.64. The van der Waals surface area contributed by atoms with Gasteiger partial charge in [-0.15, -0.1) is 11.3 Å². The lowest BCUT2D eigenvalue weighted by Gasteiger charge is -2.32. The number of benzene rings is 1. The maximum absolute atomic E-state index is 13.0. The highest BCUT2D eigenvalue weighted by atomic mass is 32.1. The fourth-order valence-electron chi connectivity index (χ4n) is 3.31. The molecule has 27 heavy (non-hydrogen) atoms. The molecule has 4 rings (SSSR count). The van der Waals surface area contributed by atoms with Crippen LogP contribution in [0.4, 0.5) is 5.69 Å². The highest BCUT2D eigenvalue weighted by Gasteiger charge is 2.38. The van der Waals surface area contributed by atoms with Crippen LogP contribution >= 0.6 is 11.3 Å². The van der Waals surface area contributed by atoms with Crippen molar-refractivity contribution < 1.29 is 19.4 Å². The van der Waals surface area contributed by atoms with Crippen molar-refractivity contribution in [2.45, 2.75) is 18.6 Å². The molecule has 8 heteroatoms. The van der Waals surface area contributed by atoms with Crippen molar-refractivity contribution in [1.29, 1.82) is 0 Å². The highest BCUT2D eigenvalue weighted by Crippen LogP contribution is 2.28. The van der Waals surface area contributed by atoms with Gasteiger partial charge in [-0.3, -0.25) is 9.80 Å². The molecule has 1 N–H and O–H groups in total. The van der Waals surface area contributed by atoms with Crippen LogP contribution < -0.4 is 5.01 Å². The fraction of sp³-hybridized carbons (Fsp3) is 0.316. The average Bonchev–Trinajstić information content (AvgIpc) is 3.38. The lowest BCUT2D eigenvalue weighted by molar-refractivity contribution is -0.138. The zero-order valence-electron chi connectivity index (χ0n) is 14.5. The van der Waals surface area contributed by atoms with E-state index in [4.69, 9.17) is 4.74 Å². The van der Waals surface area contributed by atoms with Gasteiger partial charge in [0.05, 0.1) is 18.8 Å². The van der Waals surface area contributed by atoms with Crippen LogP contribution in [-0.4, -0.2) is 53.3 Å². The minimum Gasteiger partial charge on any atom is -0.480 e. The molecule has 0 bridgehead atoms. The summed E-state index contributed by atoms with van der Waals surface area (Å²) in [5, 5.41) is 17.3. The summed E-state index contributed by atoms with van der Waals surface area (Å²) in [6, 6.07) is 12.1. The van der Waals surface area contributed by atoms with E-state index in [1.165, 1.54) is 5.01 Å². The van der Waals surface area contributed by atoms with Crippen molar-refractivity contribution in [3.05, 3.63) is 52.7 Å². The molecular weight excluding hydrogens is 366 g/mol. The van der Waals surface area contributed by atoms with Gasteiger partial charge in [0.2, 0.25) is 0 Å². The summed E-state index contributed by atoms with van der Waals surface area (Å²) in [4.78, 5) is 27.4. The Hall–Kier alpha value is -2.71. The lowest BCUT2D eigenvalue weighted by atomic mass is 10.1. The number of hydrogen-bond donors (Lipinski definition) is 1. The third-order valence-electron chi connectivity index (χ3n) is 4.68. The molecule has 2 aromatic rings. The molecule has 2 aliphatic heterocycles. The second-order valence-corrected chi connectivity index (χ2v) is 7.39. The van der Waals surface area contributed by atoms with Gasteiger partial charge in [0.15, 0.2) is 6.04 Å². The Kier molecular flexibility index (Phi) is 4.91. The van der Waals surface area contributed by atoms with Gasteiger partial charge in [0.1, 0.15) is 11.8 Å². The van der Waals surface area contributed by atoms with Crippen LogP contribution in [0.5, 0.6) is 0 Å². The monoisotopic (exact) mass is 385 g/mol. The molecule has 1 amide bonds. The summed E-state index contributed by atoms with van der Waals surface area (Å²) >= 11 is 1.60. The van der Waals surface area contributed by atoms with Gasteiger partial charge in [0.25, 0.3) is 5.91 Å². The number of carbonyl (C=O) groups excluding carboxylic acids is 1. The smallest absolute Gasteiger partial charge is 0.328 e. The van der Waals surface area contributed by atoms with Crippen molar-refractivity contribution in [3.8, 4) is 0 Å². The van der Waals surface area contributed by atoms with Crippen LogP contribution in [0, 0.1) is 0 Å². The zero-order valence-corrected chi connectivity index (χ0v) is 15.3. The maximum atomic E-state index is 13.0. The van der Waals surface area contributed by atoms with Gasteiger partial charge < -0.3 is 14.7 Å². The predicted octanol–water partition coefficient (Wildman–Crippen LogP) is 2.37. The van der Waals surface area contributed by atoms with Gasteiger partial charge in [-0.25, -0.2) is 4.79 Å². The van der Waals surface area contributed by atoms with Gasteiger partial charge in [0, 0.05) is 17.8 Å². The minimum absolute atomic E-state index is 0.0874. The third kappa shape index (κ3) is 3.58. The van der Waals surface area contributed by atoms with E-state index in [1.807, 2.05) is 35.7 Å². The number of hydrogen-bond acceptors (Lipinski definition) is 6. The Bertz CT molecular complexity index is 853. The lowest BCUT2D eigenvalue weighted by Crippen LogP contribution is -2.45. The van der Waals surface area contributed by atoms with Crippen LogP contribution in [-0.2, 0) is 14.3 Å². The van der Waals surface area contributed by atoms with Crippen LogP contribution in [0.25, 0.3) is 0 Å². The summed E-state index contributed by atoms with van der Waals surface area (Å²) in [5.74, 6) is -1.21. The number of rotatable bonds is 4. The molecule has 2 atom stereocenters. The average molecular weight is 385 g/mol. The van der Waals surface area contributed by atoms with Crippen molar-refractivity contribution >= 4 is 34.6 Å². The molecule has 1 fully saturated rings. The topological polar surface area (TPSA) is 82.4 Å². The molecule has 0 aliphatic carbocycles. The van der Waals surface area contributed by atoms with E-state index in [9.17, 15) is 14.7 Å². The number of amides is 1. The molecule has 3 heterocycles. The molecule has 1 aromatic carbocycles. The molecule has 1 aromatic heterocycles. The van der Waals surface area contributed by atoms with E-state index in [0.29, 0.717) is 25.4 Å². The predicted molar refractivity (Wildman–Crippen MR) is 102 cm³/mol. The first kappa shape index (κ1) is 17.7. The number of para-hydroxylation sites is 1. The summed E-state index contributed by atoms with van der Waals surface area (Å²) in [7, 11) is 0. The van der Waals surface area contributed by atoms with E-state index in [2.05, 4.69) is 5.10 Å². The van der Waals surface area contributed by atoms with E-state index in [1.54, 1.807) is 28.4 Å². The Morgan fingerprint density at radius 3 is 2.70 bits per heavy atom. The van der Waals surface area contributed by atoms with E-state index < -0.39 is 12.0 Å². The Labute approximate surface area is 160 Å². The summed E-state index contributed by atoms with van der Waals surface area (Å²) in [5.41, 5.74) is 0.934. The van der Waals surface area contributed by atoms with Crippen molar-refractivity contribution in [2.75, 3.05) is 24.7 Å². The van der Waals surface area contributed by atoms with Crippen molar-refractivity contribution in [2.24, 2.45) is 5.10 Å². The summed E-state index contributed by atoms with van der Waals surface area (Å²) < 4.78 is 5.79. The Morgan fingerprint density at radius 2 is 2.00 bits per heavy atom. The van der Waals surface area contributed by atoms with Crippen LogP contribution in [0.2, 0.25) is 0 Å². The van der Waals surface area contributed by atoms with Gasteiger partial charge in [-0.2, -0.15) is 5.10 Å². The number of carboxylic acids is 1. The first-order valence-corrected chi connectivity index (χ1v) is 9.60. The van der Waals surface area contributed by atoms with E-state index in [-0.39, 0.29) is 24.1 Å². The molecule has 0 radical (unpaired) electrons. The largest absolute Gasteiger partial charge is 0.480 e. The van der Waals surface area contributed by atoms with E-state index >= 15 is 0 Å². The standard InChI is InChI=1S/C19H19N3O4S/c23-18(21-8-9-26-16(12-21)17-7-4-10-27-17)14-11-15(19(24)25)22(20-14)13-5-2-1-3-6-13/h1-7,10,15-16H,8-9,11-12H2,(H,24,25). The molecular formula is C19H19N3O4S. The normalized spacial score (nSPS) is 22.6. The molecule has 2 unspecified atom stereocenters. The molecule has 1 saturated heterocycles. The number of ether oxygens (including phenoxy) is 1. The summed E-state index contributed by atoms with van der Waals surface area (Å²) in [6.45, 7) is 1.37. The molecule has 7 nitrogen and oxygen atoms in total. The molecule has 0 saturated carbocycles. The van der Waals surface area contributed by atoms with Gasteiger partial charge in [-0.05, 0) is 23.6 Å². The first-order valence-electron chi connectivity index (χ1n) is 8.72. The SMILES string of the molecule is O=C(O)C1CC(C(=O)N2CCOC(c3cccs3)C2)=NN1c1ccccc1. The molecule has 0 spiro atoms. The number of hydrazone groups is 1. The zero-order chi connectivity index (χ0) is 18.8. The minimum atomic E-state index is -0.996. The van der Waals surface area contributed by atoms with Crippen LogP contribution in [0.15, 0.2) is 52.9 Å². The van der Waals surface area contributed by atoms with Gasteiger partial charge >= 0.3 is 5.97 Å². The van der Waals surface area contributed by atoms with Crippen molar-refractivity contribution in [1.82, 2.24) is 4.90 Å². The van der Waals surface area contributed by atoms with Crippen LogP contribution in [0.1, 0.15) is 17.4 Å². The number of thiophene rings is 1. The number of carbonyl (C=O) groups is 2. The second kappa shape index (κ2) is 7.50. The summed E-state index contributed by atoms with van der Waals surface area (Å²) in [6.07, 6.45) is -0.0606. The molecule has 140 valence electrons. The number of carboxylic acid groups (broad SMARTS) is 1. The number of morpholine rings is 1.